The summed E-state index contributed by atoms with van der Waals surface area (Å²) in [5.74, 6) is 0.412. The minimum atomic E-state index is -0.700. The first kappa shape index (κ1) is 11.7. The number of carbonyl (C=O) groups excluding carboxylic acids is 1. The van der Waals surface area contributed by atoms with E-state index in [1.54, 1.807) is 6.07 Å². The summed E-state index contributed by atoms with van der Waals surface area (Å²) < 4.78 is 5.83. The highest BCUT2D eigenvalue weighted by Gasteiger charge is 2.49. The second kappa shape index (κ2) is 3.73. The number of aromatic nitrogens is 1. The van der Waals surface area contributed by atoms with E-state index in [0.29, 0.717) is 22.9 Å². The zero-order chi connectivity index (χ0) is 13.9. The molecular formula is C14H15N3O3. The maximum absolute atomic E-state index is 11.5. The standard InChI is InChI=1S/C14H15N3O3/c15-12(19)10-8(18)1-2-9-11(10)17-13(20-9)14-4-3-7(5-14)6-16-14/h1-2,7,16,18H,3-6H2,(H2,15,19). The van der Waals surface area contributed by atoms with E-state index < -0.39 is 5.91 Å². The molecule has 1 aliphatic carbocycles. The van der Waals surface area contributed by atoms with E-state index in [-0.39, 0.29) is 16.9 Å². The highest BCUT2D eigenvalue weighted by atomic mass is 16.4. The lowest BCUT2D eigenvalue weighted by Crippen LogP contribution is -2.37. The van der Waals surface area contributed by atoms with Crippen LogP contribution in [0.4, 0.5) is 0 Å². The molecular weight excluding hydrogens is 258 g/mol. The molecule has 2 aliphatic rings. The van der Waals surface area contributed by atoms with Crippen LogP contribution in [0.3, 0.4) is 0 Å². The third kappa shape index (κ3) is 1.42. The quantitative estimate of drug-likeness (QED) is 0.764. The van der Waals surface area contributed by atoms with Crippen molar-refractivity contribution in [3.63, 3.8) is 0 Å². The molecule has 20 heavy (non-hydrogen) atoms. The molecule has 0 spiro atoms. The number of nitrogens with two attached hydrogens (primary N) is 1. The van der Waals surface area contributed by atoms with Crippen LogP contribution < -0.4 is 11.1 Å². The van der Waals surface area contributed by atoms with E-state index in [1.807, 2.05) is 0 Å². The Morgan fingerprint density at radius 2 is 2.40 bits per heavy atom. The molecule has 2 fully saturated rings. The monoisotopic (exact) mass is 273 g/mol. The van der Waals surface area contributed by atoms with Crippen molar-refractivity contribution in [3.8, 4) is 5.75 Å². The minimum Gasteiger partial charge on any atom is -0.507 e. The van der Waals surface area contributed by atoms with Crippen LogP contribution in [0.15, 0.2) is 16.5 Å². The molecule has 104 valence electrons. The average Bonchev–Trinajstić information content (AvgIpc) is 3.11. The largest absolute Gasteiger partial charge is 0.507 e. The number of aromatic hydroxyl groups is 1. The van der Waals surface area contributed by atoms with Crippen molar-refractivity contribution in [3.05, 3.63) is 23.6 Å². The van der Waals surface area contributed by atoms with Crippen LogP contribution in [0.1, 0.15) is 35.5 Å². The van der Waals surface area contributed by atoms with Crippen molar-refractivity contribution >= 4 is 17.0 Å². The first-order valence-corrected chi connectivity index (χ1v) is 6.77. The number of nitrogens with zero attached hydrogens (tertiary/aromatic N) is 1. The summed E-state index contributed by atoms with van der Waals surface area (Å²) in [4.78, 5) is 15.9. The summed E-state index contributed by atoms with van der Waals surface area (Å²) in [5.41, 5.74) is 5.97. The lowest BCUT2D eigenvalue weighted by molar-refractivity contribution is 0.0999. The van der Waals surface area contributed by atoms with Crippen LogP contribution in [-0.4, -0.2) is 22.5 Å². The molecule has 1 aromatic heterocycles. The highest BCUT2D eigenvalue weighted by Crippen LogP contribution is 2.47. The molecule has 1 saturated heterocycles. The van der Waals surface area contributed by atoms with Gasteiger partial charge in [0.05, 0.1) is 5.54 Å². The molecule has 2 unspecified atom stereocenters. The summed E-state index contributed by atoms with van der Waals surface area (Å²) in [5, 5.41) is 13.3. The van der Waals surface area contributed by atoms with E-state index in [2.05, 4.69) is 10.3 Å². The van der Waals surface area contributed by atoms with Crippen LogP contribution in [0.5, 0.6) is 5.75 Å². The van der Waals surface area contributed by atoms with Gasteiger partial charge in [-0.15, -0.1) is 0 Å². The highest BCUT2D eigenvalue weighted by molar-refractivity contribution is 6.06. The molecule has 4 rings (SSSR count). The van der Waals surface area contributed by atoms with Crippen molar-refractivity contribution < 1.29 is 14.3 Å². The van der Waals surface area contributed by atoms with Crippen molar-refractivity contribution in [2.75, 3.05) is 6.54 Å². The molecule has 1 aliphatic heterocycles. The Hall–Kier alpha value is -2.08. The van der Waals surface area contributed by atoms with Gasteiger partial charge in [0, 0.05) is 0 Å². The Balaban J connectivity index is 1.91. The number of rotatable bonds is 2. The zero-order valence-corrected chi connectivity index (χ0v) is 10.8. The predicted molar refractivity (Wildman–Crippen MR) is 71.2 cm³/mol. The van der Waals surface area contributed by atoms with Gasteiger partial charge in [-0.1, -0.05) is 0 Å². The molecule has 1 aromatic carbocycles. The number of amides is 1. The van der Waals surface area contributed by atoms with Crippen LogP contribution in [-0.2, 0) is 5.54 Å². The van der Waals surface area contributed by atoms with E-state index in [0.717, 1.165) is 19.4 Å². The Morgan fingerprint density at radius 1 is 1.55 bits per heavy atom. The number of oxazole rings is 1. The van der Waals surface area contributed by atoms with Crippen molar-refractivity contribution in [2.24, 2.45) is 11.7 Å². The molecule has 1 saturated carbocycles. The molecule has 6 nitrogen and oxygen atoms in total. The number of fused-ring (bicyclic) bond motifs is 3. The molecule has 1 amide bonds. The SMILES string of the molecule is NC(=O)c1c(O)ccc2oc(C34CCC(CN3)C4)nc12. The van der Waals surface area contributed by atoms with Gasteiger partial charge in [-0.25, -0.2) is 4.98 Å². The summed E-state index contributed by atoms with van der Waals surface area (Å²) >= 11 is 0. The van der Waals surface area contributed by atoms with Crippen LogP contribution >= 0.6 is 0 Å². The van der Waals surface area contributed by atoms with Gasteiger partial charge in [0.25, 0.3) is 5.91 Å². The number of nitrogens with one attached hydrogen (secondary N) is 1. The summed E-state index contributed by atoms with van der Waals surface area (Å²) in [6.45, 7) is 0.979. The summed E-state index contributed by atoms with van der Waals surface area (Å²) in [7, 11) is 0. The Labute approximate surface area is 115 Å². The lowest BCUT2D eigenvalue weighted by atomic mass is 9.99. The maximum atomic E-state index is 11.5. The number of benzene rings is 1. The number of hydrogen-bond donors (Lipinski definition) is 3. The lowest BCUT2D eigenvalue weighted by Gasteiger charge is -2.23. The zero-order valence-electron chi connectivity index (χ0n) is 10.8. The predicted octanol–water partition coefficient (Wildman–Crippen LogP) is 1.23. The molecule has 0 radical (unpaired) electrons. The van der Waals surface area contributed by atoms with E-state index in [4.69, 9.17) is 10.2 Å². The maximum Gasteiger partial charge on any atom is 0.254 e. The number of hydrogen-bond acceptors (Lipinski definition) is 5. The van der Waals surface area contributed by atoms with Gasteiger partial charge in [0.1, 0.15) is 16.8 Å². The molecule has 6 heteroatoms. The van der Waals surface area contributed by atoms with Gasteiger partial charge in [-0.2, -0.15) is 0 Å². The summed E-state index contributed by atoms with van der Waals surface area (Å²) in [6, 6.07) is 3.03. The number of primary amides is 1. The average molecular weight is 273 g/mol. The van der Waals surface area contributed by atoms with Gasteiger partial charge in [-0.3, -0.25) is 4.79 Å². The Bertz CT molecular complexity index is 714. The van der Waals surface area contributed by atoms with Crippen molar-refractivity contribution in [2.45, 2.75) is 24.8 Å². The number of carbonyl (C=O) groups is 1. The Morgan fingerprint density at radius 3 is 3.00 bits per heavy atom. The van der Waals surface area contributed by atoms with Crippen molar-refractivity contribution in [1.29, 1.82) is 0 Å². The van der Waals surface area contributed by atoms with Crippen molar-refractivity contribution in [1.82, 2.24) is 10.3 Å². The van der Waals surface area contributed by atoms with Crippen LogP contribution in [0.2, 0.25) is 0 Å². The first-order chi connectivity index (χ1) is 9.59. The van der Waals surface area contributed by atoms with Gasteiger partial charge < -0.3 is 20.6 Å². The van der Waals surface area contributed by atoms with Crippen LogP contribution in [0.25, 0.3) is 11.1 Å². The minimum absolute atomic E-state index is 0.0291. The van der Waals surface area contributed by atoms with Gasteiger partial charge in [0.2, 0.25) is 5.89 Å². The normalized spacial score (nSPS) is 28.3. The summed E-state index contributed by atoms with van der Waals surface area (Å²) in [6.07, 6.45) is 3.17. The van der Waals surface area contributed by atoms with Gasteiger partial charge in [-0.05, 0) is 43.9 Å². The number of phenols is 1. The fourth-order valence-corrected chi connectivity index (χ4v) is 3.52. The van der Waals surface area contributed by atoms with E-state index >= 15 is 0 Å². The number of piperidine rings is 1. The van der Waals surface area contributed by atoms with Gasteiger partial charge in [0.15, 0.2) is 5.58 Å². The third-order valence-electron chi connectivity index (χ3n) is 4.54. The Kier molecular flexibility index (Phi) is 2.18. The molecule has 2 atom stereocenters. The molecule has 4 N–H and O–H groups in total. The smallest absolute Gasteiger partial charge is 0.254 e. The second-order valence-electron chi connectivity index (χ2n) is 5.76. The first-order valence-electron chi connectivity index (χ1n) is 6.77. The van der Waals surface area contributed by atoms with E-state index in [1.165, 1.54) is 12.5 Å². The molecule has 2 bridgehead atoms. The fraction of sp³-hybridized carbons (Fsp3) is 0.429. The second-order valence-corrected chi connectivity index (χ2v) is 5.76. The molecule has 2 heterocycles. The third-order valence-corrected chi connectivity index (χ3v) is 4.54. The van der Waals surface area contributed by atoms with Gasteiger partial charge >= 0.3 is 0 Å². The molecule has 2 aromatic rings. The topological polar surface area (TPSA) is 101 Å². The fourth-order valence-electron chi connectivity index (χ4n) is 3.52. The van der Waals surface area contributed by atoms with Crippen LogP contribution in [0, 0.1) is 5.92 Å². The van der Waals surface area contributed by atoms with E-state index in [9.17, 15) is 9.90 Å².